The van der Waals surface area contributed by atoms with E-state index < -0.39 is 18.2 Å². The molecule has 1 aromatic rings. The highest BCUT2D eigenvalue weighted by Crippen LogP contribution is 2.16. The summed E-state index contributed by atoms with van der Waals surface area (Å²) in [6.07, 6.45) is -0.929. The zero-order valence-corrected chi connectivity index (χ0v) is 9.65. The molecule has 0 bridgehead atoms. The summed E-state index contributed by atoms with van der Waals surface area (Å²) < 4.78 is 9.52. The lowest BCUT2D eigenvalue weighted by atomic mass is 10.2. The molecule has 1 aromatic carbocycles. The molecule has 0 aliphatic heterocycles. The van der Waals surface area contributed by atoms with Crippen molar-refractivity contribution < 1.29 is 19.1 Å². The molecule has 0 radical (unpaired) electrons. The molecule has 16 heavy (non-hydrogen) atoms. The summed E-state index contributed by atoms with van der Waals surface area (Å²) in [4.78, 5) is 22.2. The van der Waals surface area contributed by atoms with Gasteiger partial charge in [-0.25, -0.2) is 4.79 Å². The quantitative estimate of drug-likeness (QED) is 0.603. The molecule has 1 rings (SSSR count). The maximum absolute atomic E-state index is 11.6. The second-order valence-electron chi connectivity index (χ2n) is 3.06. The number of carbonyl (C=O) groups is 2. The number of ether oxygens (including phenoxy) is 2. The normalized spacial score (nSPS) is 11.7. The monoisotopic (exact) mass is 242 g/mol. The predicted octanol–water partition coefficient (Wildman–Crippen LogP) is 2.41. The molecule has 0 spiro atoms. The van der Waals surface area contributed by atoms with E-state index in [1.807, 2.05) is 0 Å². The van der Waals surface area contributed by atoms with Crippen LogP contribution in [0.3, 0.4) is 0 Å². The zero-order chi connectivity index (χ0) is 12.1. The topological polar surface area (TPSA) is 52.6 Å². The highest BCUT2D eigenvalue weighted by molar-refractivity contribution is 6.33. The fourth-order valence-electron chi connectivity index (χ4n) is 1.10. The summed E-state index contributed by atoms with van der Waals surface area (Å²) in [6.45, 7) is 2.69. The molecule has 5 heteroatoms. The zero-order valence-electron chi connectivity index (χ0n) is 8.90. The van der Waals surface area contributed by atoms with Gasteiger partial charge in [0.05, 0.1) is 10.6 Å². The first kappa shape index (κ1) is 12.5. The van der Waals surface area contributed by atoms with Gasteiger partial charge in [-0.1, -0.05) is 23.7 Å². The average molecular weight is 243 g/mol. The van der Waals surface area contributed by atoms with Crippen molar-refractivity contribution in [3.05, 3.63) is 34.9 Å². The van der Waals surface area contributed by atoms with Crippen LogP contribution in [0.15, 0.2) is 24.3 Å². The second kappa shape index (κ2) is 5.51. The summed E-state index contributed by atoms with van der Waals surface area (Å²) in [6, 6.07) is 6.48. The van der Waals surface area contributed by atoms with Crippen molar-refractivity contribution in [2.75, 3.05) is 0 Å². The summed E-state index contributed by atoms with van der Waals surface area (Å²) in [5.74, 6) is -1.14. The van der Waals surface area contributed by atoms with E-state index in [0.29, 0.717) is 5.02 Å². The van der Waals surface area contributed by atoms with Gasteiger partial charge in [-0.2, -0.15) is 0 Å². The molecule has 0 fully saturated rings. The fraction of sp³-hybridized carbons (Fsp3) is 0.273. The van der Waals surface area contributed by atoms with E-state index in [1.54, 1.807) is 18.2 Å². The maximum Gasteiger partial charge on any atom is 0.342 e. The lowest BCUT2D eigenvalue weighted by molar-refractivity contribution is -0.162. The second-order valence-corrected chi connectivity index (χ2v) is 3.47. The first-order valence-corrected chi connectivity index (χ1v) is 5.01. The minimum Gasteiger partial charge on any atom is -0.426 e. The third-order valence-corrected chi connectivity index (χ3v) is 2.03. The van der Waals surface area contributed by atoms with Crippen LogP contribution in [0.25, 0.3) is 0 Å². The Balaban J connectivity index is 2.66. The van der Waals surface area contributed by atoms with E-state index in [0.717, 1.165) is 0 Å². The molecule has 0 saturated carbocycles. The number of hydrogen-bond donors (Lipinski definition) is 0. The van der Waals surface area contributed by atoms with Gasteiger partial charge in [-0.15, -0.1) is 0 Å². The van der Waals surface area contributed by atoms with E-state index in [1.165, 1.54) is 19.9 Å². The molecule has 4 nitrogen and oxygen atoms in total. The van der Waals surface area contributed by atoms with Crippen molar-refractivity contribution in [3.8, 4) is 0 Å². The molecule has 0 heterocycles. The standard InChI is InChI=1S/C11H11ClO4/c1-7(13)15-8(2)16-11(14)9-5-3-4-6-10(9)12/h3-6,8H,1-2H3. The van der Waals surface area contributed by atoms with Gasteiger partial charge < -0.3 is 9.47 Å². The van der Waals surface area contributed by atoms with Crippen molar-refractivity contribution >= 4 is 23.5 Å². The lowest BCUT2D eigenvalue weighted by Crippen LogP contribution is -2.20. The smallest absolute Gasteiger partial charge is 0.342 e. The van der Waals surface area contributed by atoms with Crippen molar-refractivity contribution in [1.82, 2.24) is 0 Å². The van der Waals surface area contributed by atoms with Crippen LogP contribution in [0.1, 0.15) is 24.2 Å². The molecule has 86 valence electrons. The summed E-state index contributed by atoms with van der Waals surface area (Å²) in [7, 11) is 0. The van der Waals surface area contributed by atoms with E-state index in [2.05, 4.69) is 4.74 Å². The van der Waals surface area contributed by atoms with Crippen LogP contribution in [0.2, 0.25) is 5.02 Å². The van der Waals surface area contributed by atoms with Gasteiger partial charge in [0.1, 0.15) is 0 Å². The summed E-state index contributed by atoms with van der Waals surface area (Å²) in [5, 5.41) is 0.294. The van der Waals surface area contributed by atoms with Gasteiger partial charge >= 0.3 is 11.9 Å². The molecule has 0 aliphatic carbocycles. The van der Waals surface area contributed by atoms with Gasteiger partial charge in [-0.3, -0.25) is 4.79 Å². The Morgan fingerprint density at radius 2 is 1.88 bits per heavy atom. The third kappa shape index (κ3) is 3.55. The first-order valence-electron chi connectivity index (χ1n) is 4.63. The Morgan fingerprint density at radius 1 is 1.25 bits per heavy atom. The van der Waals surface area contributed by atoms with E-state index in [-0.39, 0.29) is 5.56 Å². The van der Waals surface area contributed by atoms with Gasteiger partial charge in [-0.05, 0) is 12.1 Å². The van der Waals surface area contributed by atoms with Crippen LogP contribution in [0.4, 0.5) is 0 Å². The minimum absolute atomic E-state index is 0.239. The largest absolute Gasteiger partial charge is 0.426 e. The predicted molar refractivity (Wildman–Crippen MR) is 58.1 cm³/mol. The molecular formula is C11H11ClO4. The van der Waals surface area contributed by atoms with Crippen molar-refractivity contribution in [1.29, 1.82) is 0 Å². The third-order valence-electron chi connectivity index (χ3n) is 1.70. The Bertz CT molecular complexity index is 403. The average Bonchev–Trinajstić information content (AvgIpc) is 2.16. The maximum atomic E-state index is 11.6. The molecule has 0 saturated heterocycles. The van der Waals surface area contributed by atoms with Crippen molar-refractivity contribution in [3.63, 3.8) is 0 Å². The molecule has 0 aliphatic rings. The summed E-state index contributed by atoms with van der Waals surface area (Å²) >= 11 is 5.80. The first-order chi connectivity index (χ1) is 7.50. The Kier molecular flexibility index (Phi) is 4.31. The number of benzene rings is 1. The molecule has 1 atom stereocenters. The van der Waals surface area contributed by atoms with E-state index in [9.17, 15) is 9.59 Å². The molecule has 0 amide bonds. The van der Waals surface area contributed by atoms with Crippen molar-refractivity contribution in [2.24, 2.45) is 0 Å². The van der Waals surface area contributed by atoms with Gasteiger partial charge in [0.2, 0.25) is 6.29 Å². The molecular weight excluding hydrogens is 232 g/mol. The number of carbonyl (C=O) groups excluding carboxylic acids is 2. The van der Waals surface area contributed by atoms with Gasteiger partial charge in [0.15, 0.2) is 0 Å². The Labute approximate surface area is 98.1 Å². The Hall–Kier alpha value is -1.55. The van der Waals surface area contributed by atoms with Gasteiger partial charge in [0.25, 0.3) is 0 Å². The number of halogens is 1. The van der Waals surface area contributed by atoms with Gasteiger partial charge in [0, 0.05) is 13.8 Å². The van der Waals surface area contributed by atoms with Crippen LogP contribution in [0.5, 0.6) is 0 Å². The highest BCUT2D eigenvalue weighted by Gasteiger charge is 2.15. The molecule has 0 aromatic heterocycles. The number of rotatable bonds is 3. The summed E-state index contributed by atoms with van der Waals surface area (Å²) in [5.41, 5.74) is 0.239. The lowest BCUT2D eigenvalue weighted by Gasteiger charge is -2.13. The van der Waals surface area contributed by atoms with E-state index in [4.69, 9.17) is 16.3 Å². The molecule has 1 unspecified atom stereocenters. The van der Waals surface area contributed by atoms with Crippen molar-refractivity contribution in [2.45, 2.75) is 20.1 Å². The number of esters is 2. The fourth-order valence-corrected chi connectivity index (χ4v) is 1.31. The minimum atomic E-state index is -0.929. The SMILES string of the molecule is CC(=O)OC(C)OC(=O)c1ccccc1Cl. The van der Waals surface area contributed by atoms with E-state index >= 15 is 0 Å². The van der Waals surface area contributed by atoms with Crippen LogP contribution in [-0.2, 0) is 14.3 Å². The van der Waals surface area contributed by atoms with Crippen LogP contribution in [-0.4, -0.2) is 18.2 Å². The van der Waals surface area contributed by atoms with Crippen LogP contribution >= 0.6 is 11.6 Å². The highest BCUT2D eigenvalue weighted by atomic mass is 35.5. The van der Waals surface area contributed by atoms with Crippen LogP contribution in [0, 0.1) is 0 Å². The number of hydrogen-bond acceptors (Lipinski definition) is 4. The molecule has 0 N–H and O–H groups in total. The Morgan fingerprint density at radius 3 is 2.44 bits per heavy atom. The van der Waals surface area contributed by atoms with Crippen LogP contribution < -0.4 is 0 Å².